The minimum atomic E-state index is 0.257. The van der Waals surface area contributed by atoms with Gasteiger partial charge in [0.1, 0.15) is 0 Å². The Balaban J connectivity index is 1.49. The van der Waals surface area contributed by atoms with Crippen LogP contribution in [0.2, 0.25) is 0 Å². The fourth-order valence-corrected chi connectivity index (χ4v) is 2.24. The van der Waals surface area contributed by atoms with Gasteiger partial charge in [-0.2, -0.15) is 4.98 Å². The molecular weight excluding hydrogens is 254 g/mol. The molecule has 1 aliphatic rings. The van der Waals surface area contributed by atoms with Crippen LogP contribution in [0.3, 0.4) is 0 Å². The van der Waals surface area contributed by atoms with E-state index >= 15 is 0 Å². The molecule has 0 spiro atoms. The maximum Gasteiger partial charge on any atom is 0.240 e. The Morgan fingerprint density at radius 2 is 2.05 bits per heavy atom. The number of nitrogens with zero attached hydrogens (tertiary/aromatic N) is 2. The molecule has 0 bridgehead atoms. The van der Waals surface area contributed by atoms with E-state index in [1.54, 1.807) is 0 Å². The molecule has 106 valence electrons. The van der Waals surface area contributed by atoms with E-state index in [2.05, 4.69) is 34.5 Å². The van der Waals surface area contributed by atoms with Gasteiger partial charge in [-0.25, -0.2) is 0 Å². The maximum atomic E-state index is 5.25. The first kappa shape index (κ1) is 13.3. The Hall–Kier alpha value is -1.72. The van der Waals surface area contributed by atoms with E-state index in [-0.39, 0.29) is 5.41 Å². The van der Waals surface area contributed by atoms with Crippen molar-refractivity contribution in [2.45, 2.75) is 19.9 Å². The highest BCUT2D eigenvalue weighted by Crippen LogP contribution is 2.25. The zero-order valence-corrected chi connectivity index (χ0v) is 11.6. The minimum absolute atomic E-state index is 0.257. The maximum absolute atomic E-state index is 5.25. The lowest BCUT2D eigenvalue weighted by Crippen LogP contribution is -2.47. The van der Waals surface area contributed by atoms with Gasteiger partial charge in [0, 0.05) is 18.4 Å². The van der Waals surface area contributed by atoms with Gasteiger partial charge in [-0.3, -0.25) is 0 Å². The second-order valence-corrected chi connectivity index (χ2v) is 5.67. The van der Waals surface area contributed by atoms with E-state index in [1.807, 2.05) is 18.2 Å². The van der Waals surface area contributed by atoms with E-state index in [4.69, 9.17) is 9.26 Å². The molecule has 0 unspecified atom stereocenters. The van der Waals surface area contributed by atoms with Crippen LogP contribution in [-0.4, -0.2) is 29.9 Å². The van der Waals surface area contributed by atoms with Crippen LogP contribution in [0.15, 0.2) is 34.9 Å². The molecule has 1 N–H and O–H groups in total. The van der Waals surface area contributed by atoms with Gasteiger partial charge >= 0.3 is 0 Å². The third-order valence-electron chi connectivity index (χ3n) is 3.44. The third-order valence-corrected chi connectivity index (χ3v) is 3.44. The highest BCUT2D eigenvalue weighted by atomic mass is 16.5. The van der Waals surface area contributed by atoms with Gasteiger partial charge in [0.05, 0.1) is 19.8 Å². The molecule has 5 nitrogen and oxygen atoms in total. The molecule has 2 heterocycles. The normalized spacial score (nSPS) is 16.9. The molecule has 0 amide bonds. The van der Waals surface area contributed by atoms with Crippen molar-refractivity contribution >= 4 is 0 Å². The zero-order chi connectivity index (χ0) is 13.8. The molecule has 0 aliphatic carbocycles. The van der Waals surface area contributed by atoms with Crippen molar-refractivity contribution in [2.24, 2.45) is 5.41 Å². The number of ether oxygens (including phenoxy) is 1. The van der Waals surface area contributed by atoms with Gasteiger partial charge in [0.2, 0.25) is 5.89 Å². The smallest absolute Gasteiger partial charge is 0.240 e. The molecule has 1 aromatic carbocycles. The number of rotatable bonds is 6. The van der Waals surface area contributed by atoms with E-state index < -0.39 is 0 Å². The molecule has 1 fully saturated rings. The molecule has 1 saturated heterocycles. The van der Waals surface area contributed by atoms with Gasteiger partial charge in [-0.1, -0.05) is 42.4 Å². The second-order valence-electron chi connectivity index (χ2n) is 5.67. The summed E-state index contributed by atoms with van der Waals surface area (Å²) in [4.78, 5) is 4.40. The highest BCUT2D eigenvalue weighted by molar-refractivity contribution is 5.18. The number of benzene rings is 1. The average Bonchev–Trinajstić information content (AvgIpc) is 2.85. The van der Waals surface area contributed by atoms with Crippen LogP contribution in [-0.2, 0) is 17.7 Å². The molecule has 3 rings (SSSR count). The van der Waals surface area contributed by atoms with Crippen molar-refractivity contribution in [3.05, 3.63) is 47.6 Å². The van der Waals surface area contributed by atoms with Crippen molar-refractivity contribution in [3.8, 4) is 0 Å². The number of nitrogens with one attached hydrogen (secondary N) is 1. The van der Waals surface area contributed by atoms with E-state index in [9.17, 15) is 0 Å². The molecule has 0 radical (unpaired) electrons. The lowest BCUT2D eigenvalue weighted by atomic mass is 9.89. The first-order chi connectivity index (χ1) is 9.73. The van der Waals surface area contributed by atoms with Crippen molar-refractivity contribution in [3.63, 3.8) is 0 Å². The molecule has 1 aromatic heterocycles. The Kier molecular flexibility index (Phi) is 3.80. The fraction of sp³-hybridized carbons (Fsp3) is 0.467. The largest absolute Gasteiger partial charge is 0.380 e. The lowest BCUT2D eigenvalue weighted by Gasteiger charge is -2.38. The third kappa shape index (κ3) is 3.23. The Morgan fingerprint density at radius 3 is 2.75 bits per heavy atom. The molecular formula is C15H19N3O2. The lowest BCUT2D eigenvalue weighted by molar-refractivity contribution is -0.0993. The standard InChI is InChI=1S/C15H19N3O2/c1-15(10-19-11-15)9-16-8-14-17-13(18-20-14)7-12-5-3-2-4-6-12/h2-6,16H,7-11H2,1H3. The van der Waals surface area contributed by atoms with Crippen LogP contribution in [0.1, 0.15) is 24.2 Å². The van der Waals surface area contributed by atoms with E-state index in [0.717, 1.165) is 25.6 Å². The highest BCUT2D eigenvalue weighted by Gasteiger charge is 2.32. The van der Waals surface area contributed by atoms with Crippen molar-refractivity contribution in [1.82, 2.24) is 15.5 Å². The van der Waals surface area contributed by atoms with E-state index in [1.165, 1.54) is 5.56 Å². The average molecular weight is 273 g/mol. The molecule has 0 atom stereocenters. The predicted molar refractivity (Wildman–Crippen MR) is 74.2 cm³/mol. The Labute approximate surface area is 118 Å². The Morgan fingerprint density at radius 1 is 1.25 bits per heavy atom. The summed E-state index contributed by atoms with van der Waals surface area (Å²) >= 11 is 0. The number of hydrogen-bond acceptors (Lipinski definition) is 5. The van der Waals surface area contributed by atoms with Crippen LogP contribution < -0.4 is 5.32 Å². The summed E-state index contributed by atoms with van der Waals surface area (Å²) in [5.41, 5.74) is 1.44. The van der Waals surface area contributed by atoms with Gasteiger partial charge < -0.3 is 14.6 Å². The summed E-state index contributed by atoms with van der Waals surface area (Å²) in [6.45, 7) is 5.37. The van der Waals surface area contributed by atoms with Crippen molar-refractivity contribution in [2.75, 3.05) is 19.8 Å². The molecule has 20 heavy (non-hydrogen) atoms. The summed E-state index contributed by atoms with van der Waals surface area (Å²) in [7, 11) is 0. The monoisotopic (exact) mass is 273 g/mol. The SMILES string of the molecule is CC1(CNCc2nc(Cc3ccccc3)no2)COC1. The minimum Gasteiger partial charge on any atom is -0.380 e. The van der Waals surface area contributed by atoms with Gasteiger partial charge in [0.25, 0.3) is 0 Å². The summed E-state index contributed by atoms with van der Waals surface area (Å²) in [5.74, 6) is 1.37. The fourth-order valence-electron chi connectivity index (χ4n) is 2.24. The van der Waals surface area contributed by atoms with Crippen LogP contribution >= 0.6 is 0 Å². The van der Waals surface area contributed by atoms with Crippen LogP contribution in [0.5, 0.6) is 0 Å². The van der Waals surface area contributed by atoms with Crippen molar-refractivity contribution < 1.29 is 9.26 Å². The quantitative estimate of drug-likeness (QED) is 0.869. The predicted octanol–water partition coefficient (Wildman–Crippen LogP) is 1.79. The van der Waals surface area contributed by atoms with Gasteiger partial charge in [-0.05, 0) is 5.56 Å². The summed E-state index contributed by atoms with van der Waals surface area (Å²) < 4.78 is 10.5. The number of aromatic nitrogens is 2. The zero-order valence-electron chi connectivity index (χ0n) is 11.6. The Bertz CT molecular complexity index is 549. The topological polar surface area (TPSA) is 60.2 Å². The summed E-state index contributed by atoms with van der Waals surface area (Å²) in [5, 5.41) is 7.35. The first-order valence-corrected chi connectivity index (χ1v) is 6.87. The second kappa shape index (κ2) is 5.73. The van der Waals surface area contributed by atoms with E-state index in [0.29, 0.717) is 18.9 Å². The first-order valence-electron chi connectivity index (χ1n) is 6.87. The van der Waals surface area contributed by atoms with Gasteiger partial charge in [0.15, 0.2) is 5.82 Å². The van der Waals surface area contributed by atoms with Crippen LogP contribution in [0.25, 0.3) is 0 Å². The molecule has 0 saturated carbocycles. The van der Waals surface area contributed by atoms with Crippen LogP contribution in [0.4, 0.5) is 0 Å². The van der Waals surface area contributed by atoms with Crippen LogP contribution in [0, 0.1) is 5.41 Å². The summed E-state index contributed by atoms with van der Waals surface area (Å²) in [6.07, 6.45) is 0.704. The van der Waals surface area contributed by atoms with Crippen molar-refractivity contribution in [1.29, 1.82) is 0 Å². The molecule has 2 aromatic rings. The van der Waals surface area contributed by atoms with Gasteiger partial charge in [-0.15, -0.1) is 0 Å². The molecule has 5 heteroatoms. The molecule has 1 aliphatic heterocycles. The summed E-state index contributed by atoms with van der Waals surface area (Å²) in [6, 6.07) is 10.1. The number of hydrogen-bond donors (Lipinski definition) is 1.